The summed E-state index contributed by atoms with van der Waals surface area (Å²) in [6, 6.07) is 4.61. The average Bonchev–Trinajstić information content (AvgIpc) is 2.29. The Hall–Kier alpha value is -0.900. The van der Waals surface area contributed by atoms with Crippen LogP contribution in [0.1, 0.15) is 35.7 Å². The smallest absolute Gasteiger partial charge is 0.254 e. The zero-order valence-corrected chi connectivity index (χ0v) is 11.7. The molecule has 0 aliphatic rings. The molecule has 0 saturated heterocycles. The molecule has 0 fully saturated rings. The number of rotatable bonds is 5. The molecular formula is C13H17BrFNO. The van der Waals surface area contributed by atoms with Crippen LogP contribution in [0.15, 0.2) is 18.2 Å². The molecule has 1 aromatic rings. The van der Waals surface area contributed by atoms with Gasteiger partial charge in [-0.15, -0.1) is 0 Å². The van der Waals surface area contributed by atoms with Crippen molar-refractivity contribution in [3.05, 3.63) is 35.1 Å². The van der Waals surface area contributed by atoms with E-state index in [4.69, 9.17) is 0 Å². The normalized spacial score (nSPS) is 12.2. The first-order chi connectivity index (χ1) is 8.04. The van der Waals surface area contributed by atoms with Crippen LogP contribution in [0.25, 0.3) is 0 Å². The van der Waals surface area contributed by atoms with Gasteiger partial charge in [0.25, 0.3) is 5.91 Å². The van der Waals surface area contributed by atoms with E-state index < -0.39 is 5.82 Å². The van der Waals surface area contributed by atoms with Crippen LogP contribution < -0.4 is 5.32 Å². The fourth-order valence-electron chi connectivity index (χ4n) is 1.57. The fraction of sp³-hybridized carbons (Fsp3) is 0.462. The van der Waals surface area contributed by atoms with Gasteiger partial charge in [0.1, 0.15) is 5.82 Å². The fourth-order valence-corrected chi connectivity index (χ4v) is 1.89. The molecule has 0 spiro atoms. The van der Waals surface area contributed by atoms with Gasteiger partial charge in [0, 0.05) is 11.4 Å². The van der Waals surface area contributed by atoms with Crippen molar-refractivity contribution in [2.45, 2.75) is 32.7 Å². The molecule has 1 aromatic carbocycles. The largest absolute Gasteiger partial charge is 0.349 e. The maximum atomic E-state index is 13.5. The van der Waals surface area contributed by atoms with Crippen LogP contribution in [0.4, 0.5) is 4.39 Å². The Morgan fingerprint density at radius 3 is 2.88 bits per heavy atom. The van der Waals surface area contributed by atoms with Gasteiger partial charge in [0.05, 0.1) is 5.56 Å². The number of carbonyl (C=O) groups excluding carboxylic acids is 1. The van der Waals surface area contributed by atoms with Crippen molar-refractivity contribution in [2.75, 3.05) is 5.33 Å². The molecule has 1 atom stereocenters. The van der Waals surface area contributed by atoms with Crippen molar-refractivity contribution in [3.8, 4) is 0 Å². The second-order valence-corrected chi connectivity index (χ2v) is 4.98. The van der Waals surface area contributed by atoms with E-state index in [1.54, 1.807) is 12.1 Å². The third-order valence-electron chi connectivity index (χ3n) is 2.51. The zero-order chi connectivity index (χ0) is 12.8. The monoisotopic (exact) mass is 301 g/mol. The predicted octanol–water partition coefficient (Wildman–Crippen LogP) is 3.43. The van der Waals surface area contributed by atoms with E-state index in [0.29, 0.717) is 0 Å². The Morgan fingerprint density at radius 2 is 2.24 bits per heavy atom. The van der Waals surface area contributed by atoms with Gasteiger partial charge >= 0.3 is 0 Å². The quantitative estimate of drug-likeness (QED) is 0.830. The standard InChI is InChI=1S/C13H17BrFNO/c1-9-5-6-12(15)11(8-9)13(17)16-10(2)4-3-7-14/h5-6,8,10H,3-4,7H2,1-2H3,(H,16,17). The molecule has 0 radical (unpaired) electrons. The van der Waals surface area contributed by atoms with E-state index in [9.17, 15) is 9.18 Å². The lowest BCUT2D eigenvalue weighted by atomic mass is 10.1. The highest BCUT2D eigenvalue weighted by Crippen LogP contribution is 2.10. The van der Waals surface area contributed by atoms with E-state index in [1.807, 2.05) is 13.8 Å². The van der Waals surface area contributed by atoms with Crippen molar-refractivity contribution >= 4 is 21.8 Å². The Morgan fingerprint density at radius 1 is 1.53 bits per heavy atom. The SMILES string of the molecule is Cc1ccc(F)c(C(=O)NC(C)CCCBr)c1. The van der Waals surface area contributed by atoms with Gasteiger partial charge in [0.2, 0.25) is 0 Å². The first-order valence-electron chi connectivity index (χ1n) is 5.67. The van der Waals surface area contributed by atoms with Crippen LogP contribution >= 0.6 is 15.9 Å². The van der Waals surface area contributed by atoms with E-state index in [1.165, 1.54) is 6.07 Å². The summed E-state index contributed by atoms with van der Waals surface area (Å²) in [5.41, 5.74) is 1.00. The van der Waals surface area contributed by atoms with Gasteiger partial charge in [0.15, 0.2) is 0 Å². The molecule has 4 heteroatoms. The van der Waals surface area contributed by atoms with Gasteiger partial charge < -0.3 is 5.32 Å². The van der Waals surface area contributed by atoms with Crippen LogP contribution in [0.3, 0.4) is 0 Å². The highest BCUT2D eigenvalue weighted by atomic mass is 79.9. The molecule has 0 aliphatic heterocycles. The molecule has 94 valence electrons. The zero-order valence-electron chi connectivity index (χ0n) is 10.1. The molecule has 0 saturated carbocycles. The molecule has 1 amide bonds. The second-order valence-electron chi connectivity index (χ2n) is 4.19. The molecule has 0 aromatic heterocycles. The average molecular weight is 302 g/mol. The van der Waals surface area contributed by atoms with Gasteiger partial charge in [-0.3, -0.25) is 4.79 Å². The van der Waals surface area contributed by atoms with Crippen LogP contribution in [-0.4, -0.2) is 17.3 Å². The molecule has 0 bridgehead atoms. The van der Waals surface area contributed by atoms with Gasteiger partial charge in [-0.05, 0) is 38.8 Å². The summed E-state index contributed by atoms with van der Waals surface area (Å²) < 4.78 is 13.5. The van der Waals surface area contributed by atoms with Gasteiger partial charge in [-0.1, -0.05) is 27.6 Å². The van der Waals surface area contributed by atoms with E-state index in [0.717, 1.165) is 23.7 Å². The number of nitrogens with one attached hydrogen (secondary N) is 1. The summed E-state index contributed by atoms with van der Waals surface area (Å²) in [5.74, 6) is -0.811. The number of benzene rings is 1. The Balaban J connectivity index is 2.66. The van der Waals surface area contributed by atoms with Crippen LogP contribution in [0, 0.1) is 12.7 Å². The lowest BCUT2D eigenvalue weighted by Crippen LogP contribution is -2.33. The number of alkyl halides is 1. The van der Waals surface area contributed by atoms with E-state index in [-0.39, 0.29) is 17.5 Å². The summed E-state index contributed by atoms with van der Waals surface area (Å²) in [5, 5.41) is 3.71. The Bertz CT molecular complexity index is 395. The molecule has 2 nitrogen and oxygen atoms in total. The van der Waals surface area contributed by atoms with Gasteiger partial charge in [-0.2, -0.15) is 0 Å². The number of hydrogen-bond acceptors (Lipinski definition) is 1. The predicted molar refractivity (Wildman–Crippen MR) is 71.1 cm³/mol. The summed E-state index contributed by atoms with van der Waals surface area (Å²) in [7, 11) is 0. The third kappa shape index (κ3) is 4.46. The van der Waals surface area contributed by atoms with Gasteiger partial charge in [-0.25, -0.2) is 4.39 Å². The number of aryl methyl sites for hydroxylation is 1. The minimum Gasteiger partial charge on any atom is -0.349 e. The van der Waals surface area contributed by atoms with Crippen molar-refractivity contribution in [1.29, 1.82) is 0 Å². The van der Waals surface area contributed by atoms with Crippen LogP contribution in [0.5, 0.6) is 0 Å². The third-order valence-corrected chi connectivity index (χ3v) is 3.08. The molecule has 1 N–H and O–H groups in total. The van der Waals surface area contributed by atoms with Crippen molar-refractivity contribution < 1.29 is 9.18 Å². The van der Waals surface area contributed by atoms with Crippen molar-refractivity contribution in [1.82, 2.24) is 5.32 Å². The molecule has 17 heavy (non-hydrogen) atoms. The minimum atomic E-state index is -0.471. The minimum absolute atomic E-state index is 0.0555. The molecule has 0 heterocycles. The number of halogens is 2. The van der Waals surface area contributed by atoms with E-state index in [2.05, 4.69) is 21.2 Å². The number of amides is 1. The van der Waals surface area contributed by atoms with Crippen LogP contribution in [-0.2, 0) is 0 Å². The molecule has 1 unspecified atom stereocenters. The van der Waals surface area contributed by atoms with Crippen molar-refractivity contribution in [2.24, 2.45) is 0 Å². The highest BCUT2D eigenvalue weighted by molar-refractivity contribution is 9.09. The molecule has 0 aliphatic carbocycles. The Labute approximate surface area is 110 Å². The summed E-state index contributed by atoms with van der Waals surface area (Å²) in [6.07, 6.45) is 1.86. The highest BCUT2D eigenvalue weighted by Gasteiger charge is 2.13. The Kier molecular flexibility index (Phi) is 5.62. The number of carbonyl (C=O) groups is 1. The summed E-state index contributed by atoms with van der Waals surface area (Å²) in [4.78, 5) is 11.8. The maximum Gasteiger partial charge on any atom is 0.254 e. The number of hydrogen-bond donors (Lipinski definition) is 1. The first kappa shape index (κ1) is 14.2. The maximum absolute atomic E-state index is 13.5. The molecule has 1 rings (SSSR count). The van der Waals surface area contributed by atoms with E-state index >= 15 is 0 Å². The summed E-state index contributed by atoms with van der Waals surface area (Å²) in [6.45, 7) is 3.76. The summed E-state index contributed by atoms with van der Waals surface area (Å²) >= 11 is 3.34. The molecular weight excluding hydrogens is 285 g/mol. The topological polar surface area (TPSA) is 29.1 Å². The second kappa shape index (κ2) is 6.74. The lowest BCUT2D eigenvalue weighted by molar-refractivity contribution is 0.0934. The van der Waals surface area contributed by atoms with Crippen molar-refractivity contribution in [3.63, 3.8) is 0 Å². The van der Waals surface area contributed by atoms with Crippen LogP contribution in [0.2, 0.25) is 0 Å². The first-order valence-corrected chi connectivity index (χ1v) is 6.79. The lowest BCUT2D eigenvalue weighted by Gasteiger charge is -2.13.